The number of hydrogen-bond acceptors (Lipinski definition) is 3. The Bertz CT molecular complexity index is 499. The highest BCUT2D eigenvalue weighted by Gasteiger charge is 2.51. The molecule has 5 rings (SSSR count). The number of carbonyl (C=O) groups excluding carboxylic acids is 1. The molecule has 20 heavy (non-hydrogen) atoms. The lowest BCUT2D eigenvalue weighted by molar-refractivity contribution is -0.138. The van der Waals surface area contributed by atoms with E-state index in [4.69, 9.17) is 0 Å². The van der Waals surface area contributed by atoms with Crippen molar-refractivity contribution in [2.75, 3.05) is 11.5 Å². The van der Waals surface area contributed by atoms with E-state index < -0.39 is 9.84 Å². The third-order valence-electron chi connectivity index (χ3n) is 6.11. The van der Waals surface area contributed by atoms with Gasteiger partial charge in [0, 0.05) is 12.0 Å². The van der Waals surface area contributed by atoms with Crippen LogP contribution in [0.2, 0.25) is 0 Å². The summed E-state index contributed by atoms with van der Waals surface area (Å²) in [5.74, 6) is 3.59. The molecular formula is C15H23NO3S. The van der Waals surface area contributed by atoms with E-state index >= 15 is 0 Å². The summed E-state index contributed by atoms with van der Waals surface area (Å²) in [6.45, 7) is 0. The molecule has 1 atom stereocenters. The van der Waals surface area contributed by atoms with Crippen molar-refractivity contribution in [2.45, 2.75) is 44.6 Å². The summed E-state index contributed by atoms with van der Waals surface area (Å²) in [4.78, 5) is 12.6. The first-order valence-corrected chi connectivity index (χ1v) is 9.83. The molecule has 4 nitrogen and oxygen atoms in total. The Morgan fingerprint density at radius 1 is 0.950 bits per heavy atom. The molecule has 0 aromatic rings. The van der Waals surface area contributed by atoms with Gasteiger partial charge in [0.2, 0.25) is 5.91 Å². The van der Waals surface area contributed by atoms with E-state index in [1.807, 2.05) is 0 Å². The normalized spacial score (nSPS) is 48.4. The highest BCUT2D eigenvalue weighted by atomic mass is 32.2. The van der Waals surface area contributed by atoms with Gasteiger partial charge >= 0.3 is 0 Å². The Hall–Kier alpha value is -0.580. The van der Waals surface area contributed by atoms with Crippen LogP contribution < -0.4 is 5.32 Å². The van der Waals surface area contributed by atoms with Gasteiger partial charge in [-0.05, 0) is 62.2 Å². The SMILES string of the molecule is O=C(N[C@@H]1CCS(=O)(=O)C1)C1C2CC3CC(C2)CC1C3. The number of hydrogen-bond donors (Lipinski definition) is 1. The van der Waals surface area contributed by atoms with Gasteiger partial charge in [0.15, 0.2) is 9.84 Å². The Morgan fingerprint density at radius 3 is 2.05 bits per heavy atom. The highest BCUT2D eigenvalue weighted by molar-refractivity contribution is 7.91. The van der Waals surface area contributed by atoms with E-state index in [-0.39, 0.29) is 29.4 Å². The fourth-order valence-electron chi connectivity index (χ4n) is 5.56. The smallest absolute Gasteiger partial charge is 0.223 e. The first-order valence-electron chi connectivity index (χ1n) is 8.01. The monoisotopic (exact) mass is 297 g/mol. The summed E-state index contributed by atoms with van der Waals surface area (Å²) < 4.78 is 23.0. The Morgan fingerprint density at radius 2 is 1.55 bits per heavy atom. The zero-order valence-electron chi connectivity index (χ0n) is 11.8. The van der Waals surface area contributed by atoms with Gasteiger partial charge < -0.3 is 5.32 Å². The molecule has 5 aliphatic rings. The van der Waals surface area contributed by atoms with Gasteiger partial charge in [-0.25, -0.2) is 8.42 Å². The molecule has 1 aliphatic heterocycles. The molecule has 1 N–H and O–H groups in total. The summed E-state index contributed by atoms with van der Waals surface area (Å²) in [6, 6.07) is -0.135. The summed E-state index contributed by atoms with van der Waals surface area (Å²) in [7, 11) is -2.91. The number of nitrogens with one attached hydrogen (secondary N) is 1. The van der Waals surface area contributed by atoms with E-state index in [0.717, 1.165) is 11.8 Å². The fourth-order valence-corrected chi connectivity index (χ4v) is 7.23. The first kappa shape index (κ1) is 13.1. The molecular weight excluding hydrogens is 274 g/mol. The second-order valence-corrected chi connectivity index (χ2v) is 9.79. The van der Waals surface area contributed by atoms with Crippen molar-refractivity contribution in [1.82, 2.24) is 5.32 Å². The molecule has 5 fully saturated rings. The summed E-state index contributed by atoms with van der Waals surface area (Å²) >= 11 is 0. The summed E-state index contributed by atoms with van der Waals surface area (Å²) in [6.07, 6.45) is 6.91. The Balaban J connectivity index is 1.44. The lowest BCUT2D eigenvalue weighted by Crippen LogP contribution is -2.52. The zero-order valence-corrected chi connectivity index (χ0v) is 12.6. The molecule has 4 bridgehead atoms. The maximum absolute atomic E-state index is 12.6. The van der Waals surface area contributed by atoms with Gasteiger partial charge in [-0.15, -0.1) is 0 Å². The molecule has 1 saturated heterocycles. The predicted octanol–water partition coefficient (Wildman–Crippen LogP) is 1.36. The molecule has 0 spiro atoms. The summed E-state index contributed by atoms with van der Waals surface area (Å²) in [5, 5.41) is 3.04. The number of amides is 1. The Labute approximate surface area is 120 Å². The van der Waals surface area contributed by atoms with Gasteiger partial charge in [-0.1, -0.05) is 0 Å². The average Bonchev–Trinajstić information content (AvgIpc) is 2.67. The summed E-state index contributed by atoms with van der Waals surface area (Å²) in [5.41, 5.74) is 0. The minimum absolute atomic E-state index is 0.135. The molecule has 1 amide bonds. The average molecular weight is 297 g/mol. The minimum Gasteiger partial charge on any atom is -0.352 e. The molecule has 0 radical (unpaired) electrons. The van der Waals surface area contributed by atoms with Gasteiger partial charge in [-0.2, -0.15) is 0 Å². The van der Waals surface area contributed by atoms with Crippen LogP contribution in [-0.2, 0) is 14.6 Å². The van der Waals surface area contributed by atoms with E-state index in [1.54, 1.807) is 0 Å². The van der Waals surface area contributed by atoms with Crippen molar-refractivity contribution in [1.29, 1.82) is 0 Å². The van der Waals surface area contributed by atoms with Crippen LogP contribution in [0.4, 0.5) is 0 Å². The molecule has 5 heteroatoms. The van der Waals surface area contributed by atoms with Crippen molar-refractivity contribution in [3.05, 3.63) is 0 Å². The Kier molecular flexibility index (Phi) is 2.92. The topological polar surface area (TPSA) is 63.2 Å². The standard InChI is InChI=1S/C15H23NO3S/c17-15(16-13-1-2-20(18,19)8-13)14-11-4-9-3-10(6-11)7-12(14)5-9/h9-14H,1-8H2,(H,16,17)/t9?,10?,11?,12?,13-,14?/m1/s1. The maximum Gasteiger partial charge on any atom is 0.223 e. The predicted molar refractivity (Wildman–Crippen MR) is 75.7 cm³/mol. The van der Waals surface area contributed by atoms with Crippen molar-refractivity contribution >= 4 is 15.7 Å². The van der Waals surface area contributed by atoms with Gasteiger partial charge in [0.1, 0.15) is 0 Å². The third kappa shape index (κ3) is 2.18. The van der Waals surface area contributed by atoms with Crippen LogP contribution in [0.5, 0.6) is 0 Å². The van der Waals surface area contributed by atoms with Crippen molar-refractivity contribution in [2.24, 2.45) is 29.6 Å². The quantitative estimate of drug-likeness (QED) is 0.837. The molecule has 1 heterocycles. The second kappa shape index (κ2) is 4.46. The number of carbonyl (C=O) groups is 1. The molecule has 0 aromatic carbocycles. The lowest BCUT2D eigenvalue weighted by Gasteiger charge is -2.53. The van der Waals surface area contributed by atoms with E-state index in [0.29, 0.717) is 18.3 Å². The third-order valence-corrected chi connectivity index (χ3v) is 7.88. The molecule has 0 aromatic heterocycles. The highest BCUT2D eigenvalue weighted by Crippen LogP contribution is 2.56. The lowest BCUT2D eigenvalue weighted by atomic mass is 9.51. The van der Waals surface area contributed by atoms with Crippen LogP contribution in [0, 0.1) is 29.6 Å². The van der Waals surface area contributed by atoms with Crippen LogP contribution in [0.1, 0.15) is 38.5 Å². The first-order chi connectivity index (χ1) is 9.50. The van der Waals surface area contributed by atoms with E-state index in [1.165, 1.54) is 32.1 Å². The van der Waals surface area contributed by atoms with Gasteiger partial charge in [0.05, 0.1) is 11.5 Å². The molecule has 0 unspecified atom stereocenters. The number of sulfone groups is 1. The van der Waals surface area contributed by atoms with Crippen molar-refractivity contribution < 1.29 is 13.2 Å². The number of rotatable bonds is 2. The van der Waals surface area contributed by atoms with Crippen molar-refractivity contribution in [3.8, 4) is 0 Å². The largest absolute Gasteiger partial charge is 0.352 e. The minimum atomic E-state index is -2.91. The van der Waals surface area contributed by atoms with Crippen LogP contribution in [0.3, 0.4) is 0 Å². The van der Waals surface area contributed by atoms with E-state index in [2.05, 4.69) is 5.32 Å². The van der Waals surface area contributed by atoms with E-state index in [9.17, 15) is 13.2 Å². The van der Waals surface area contributed by atoms with Gasteiger partial charge in [0.25, 0.3) is 0 Å². The molecule has 112 valence electrons. The fraction of sp³-hybridized carbons (Fsp3) is 0.933. The van der Waals surface area contributed by atoms with Crippen molar-refractivity contribution in [3.63, 3.8) is 0 Å². The maximum atomic E-state index is 12.6. The van der Waals surface area contributed by atoms with Crippen LogP contribution in [0.25, 0.3) is 0 Å². The van der Waals surface area contributed by atoms with Crippen LogP contribution >= 0.6 is 0 Å². The van der Waals surface area contributed by atoms with Crippen LogP contribution in [0.15, 0.2) is 0 Å². The van der Waals surface area contributed by atoms with Crippen LogP contribution in [-0.4, -0.2) is 31.9 Å². The molecule has 4 saturated carbocycles. The molecule has 4 aliphatic carbocycles. The second-order valence-electron chi connectivity index (χ2n) is 7.57. The van der Waals surface area contributed by atoms with Gasteiger partial charge in [-0.3, -0.25) is 4.79 Å². The zero-order chi connectivity index (χ0) is 13.9.